The Morgan fingerprint density at radius 1 is 1.13 bits per heavy atom. The zero-order valence-corrected chi connectivity index (χ0v) is 17.9. The maximum Gasteiger partial charge on any atom is 0.257 e. The summed E-state index contributed by atoms with van der Waals surface area (Å²) in [5.41, 5.74) is 3.18. The summed E-state index contributed by atoms with van der Waals surface area (Å²) in [6, 6.07) is 16.5. The van der Waals surface area contributed by atoms with E-state index in [0.717, 1.165) is 11.1 Å². The van der Waals surface area contributed by atoms with Gasteiger partial charge in [0.1, 0.15) is 11.5 Å². The van der Waals surface area contributed by atoms with E-state index in [4.69, 9.17) is 9.47 Å². The van der Waals surface area contributed by atoms with Crippen molar-refractivity contribution in [3.63, 3.8) is 0 Å². The molecular formula is C24H26N4O3. The molecule has 0 saturated carbocycles. The number of aryl methyl sites for hydroxylation is 1. The SMILES string of the molecule is CCOc1ccc(C(=O)NC(=NCc2cccnc2)Nc2cc(C)ccc2OC)cc1. The summed E-state index contributed by atoms with van der Waals surface area (Å²) in [4.78, 5) is 21.5. The zero-order valence-electron chi connectivity index (χ0n) is 17.9. The van der Waals surface area contributed by atoms with Crippen LogP contribution < -0.4 is 20.1 Å². The lowest BCUT2D eigenvalue weighted by Gasteiger charge is -2.15. The molecule has 2 N–H and O–H groups in total. The lowest BCUT2D eigenvalue weighted by molar-refractivity contribution is 0.0977. The van der Waals surface area contributed by atoms with Gasteiger partial charge in [0.05, 0.1) is 25.9 Å². The number of anilines is 1. The van der Waals surface area contributed by atoms with Crippen molar-refractivity contribution in [2.75, 3.05) is 19.0 Å². The third-order valence-corrected chi connectivity index (χ3v) is 4.41. The first-order valence-electron chi connectivity index (χ1n) is 9.98. The topological polar surface area (TPSA) is 84.8 Å². The molecule has 0 spiro atoms. The van der Waals surface area contributed by atoms with Crippen molar-refractivity contribution >= 4 is 17.6 Å². The molecule has 0 aliphatic heterocycles. The fraction of sp³-hybridized carbons (Fsp3) is 0.208. The molecule has 0 radical (unpaired) electrons. The van der Waals surface area contributed by atoms with E-state index < -0.39 is 0 Å². The van der Waals surface area contributed by atoms with Crippen LogP contribution in [-0.4, -0.2) is 30.6 Å². The highest BCUT2D eigenvalue weighted by Gasteiger charge is 2.12. The molecule has 3 rings (SSSR count). The van der Waals surface area contributed by atoms with Crippen LogP contribution in [0.4, 0.5) is 5.69 Å². The number of nitrogens with zero attached hydrogens (tertiary/aromatic N) is 2. The van der Waals surface area contributed by atoms with Gasteiger partial charge >= 0.3 is 0 Å². The van der Waals surface area contributed by atoms with E-state index in [-0.39, 0.29) is 5.91 Å². The number of ether oxygens (including phenoxy) is 2. The summed E-state index contributed by atoms with van der Waals surface area (Å²) in [6.45, 7) is 4.82. The van der Waals surface area contributed by atoms with Crippen molar-refractivity contribution in [3.05, 3.63) is 83.7 Å². The number of aliphatic imine (C=N–C) groups is 1. The number of benzene rings is 2. The van der Waals surface area contributed by atoms with E-state index >= 15 is 0 Å². The van der Waals surface area contributed by atoms with Crippen LogP contribution in [0, 0.1) is 6.92 Å². The summed E-state index contributed by atoms with van der Waals surface area (Å²) in [5.74, 6) is 1.39. The van der Waals surface area contributed by atoms with Gasteiger partial charge < -0.3 is 14.8 Å². The lowest BCUT2D eigenvalue weighted by Crippen LogP contribution is -2.36. The number of pyridine rings is 1. The van der Waals surface area contributed by atoms with E-state index in [0.29, 0.717) is 41.9 Å². The molecule has 2 aromatic carbocycles. The first kappa shape index (κ1) is 21.8. The van der Waals surface area contributed by atoms with E-state index in [1.165, 1.54) is 0 Å². The van der Waals surface area contributed by atoms with Crippen molar-refractivity contribution in [3.8, 4) is 11.5 Å². The fourth-order valence-corrected chi connectivity index (χ4v) is 2.87. The van der Waals surface area contributed by atoms with Crippen molar-refractivity contribution in [1.82, 2.24) is 10.3 Å². The molecule has 0 aliphatic rings. The molecule has 0 saturated heterocycles. The molecule has 1 amide bonds. The number of amides is 1. The number of hydrogen-bond donors (Lipinski definition) is 2. The second-order valence-corrected chi connectivity index (χ2v) is 6.77. The molecule has 3 aromatic rings. The molecular weight excluding hydrogens is 392 g/mol. The predicted octanol–water partition coefficient (Wildman–Crippen LogP) is 4.20. The average Bonchev–Trinajstić information content (AvgIpc) is 2.79. The Labute approximate surface area is 182 Å². The molecule has 1 aromatic heterocycles. The minimum Gasteiger partial charge on any atom is -0.495 e. The summed E-state index contributed by atoms with van der Waals surface area (Å²) in [5, 5.41) is 6.05. The second kappa shape index (κ2) is 10.8. The summed E-state index contributed by atoms with van der Waals surface area (Å²) < 4.78 is 10.9. The first-order chi connectivity index (χ1) is 15.1. The fourth-order valence-electron chi connectivity index (χ4n) is 2.87. The second-order valence-electron chi connectivity index (χ2n) is 6.77. The highest BCUT2D eigenvalue weighted by molar-refractivity contribution is 6.10. The van der Waals surface area contributed by atoms with Gasteiger partial charge in [-0.3, -0.25) is 15.1 Å². The van der Waals surface area contributed by atoms with E-state index in [9.17, 15) is 4.79 Å². The van der Waals surface area contributed by atoms with Crippen molar-refractivity contribution < 1.29 is 14.3 Å². The third-order valence-electron chi connectivity index (χ3n) is 4.41. The van der Waals surface area contributed by atoms with Gasteiger partial charge in [0.25, 0.3) is 5.91 Å². The van der Waals surface area contributed by atoms with Gasteiger partial charge in [-0.05, 0) is 67.4 Å². The maximum absolute atomic E-state index is 12.8. The minimum atomic E-state index is -0.285. The Balaban J connectivity index is 1.83. The lowest BCUT2D eigenvalue weighted by atomic mass is 10.2. The zero-order chi connectivity index (χ0) is 22.1. The van der Waals surface area contributed by atoms with Gasteiger partial charge in [-0.1, -0.05) is 12.1 Å². The minimum absolute atomic E-state index is 0.285. The molecule has 1 heterocycles. The molecule has 7 nitrogen and oxygen atoms in total. The number of hydrogen-bond acceptors (Lipinski definition) is 5. The number of nitrogens with one attached hydrogen (secondary N) is 2. The standard InChI is InChI=1S/C24H26N4O3/c1-4-31-20-10-8-19(9-11-20)23(29)28-24(26-16-18-6-5-13-25-15-18)27-21-14-17(2)7-12-22(21)30-3/h5-15H,4,16H2,1-3H3,(H2,26,27,28,29). The van der Waals surface area contributed by atoms with E-state index in [2.05, 4.69) is 20.6 Å². The van der Waals surface area contributed by atoms with Gasteiger partial charge in [0, 0.05) is 18.0 Å². The number of rotatable bonds is 7. The Bertz CT molecular complexity index is 1030. The van der Waals surface area contributed by atoms with Crippen LogP contribution in [0.15, 0.2) is 72.0 Å². The van der Waals surface area contributed by atoms with E-state index in [1.807, 2.05) is 44.2 Å². The molecule has 0 aliphatic carbocycles. The molecule has 0 bridgehead atoms. The number of methoxy groups -OCH3 is 1. The maximum atomic E-state index is 12.8. The molecule has 7 heteroatoms. The van der Waals surface area contributed by atoms with Gasteiger partial charge in [-0.25, -0.2) is 4.99 Å². The Hall–Kier alpha value is -3.87. The van der Waals surface area contributed by atoms with Crippen LogP contribution in [0.3, 0.4) is 0 Å². The van der Waals surface area contributed by atoms with Crippen LogP contribution in [0.2, 0.25) is 0 Å². The van der Waals surface area contributed by atoms with Crippen molar-refractivity contribution in [1.29, 1.82) is 0 Å². The van der Waals surface area contributed by atoms with Crippen molar-refractivity contribution in [2.24, 2.45) is 4.99 Å². The molecule has 0 atom stereocenters. The average molecular weight is 418 g/mol. The largest absolute Gasteiger partial charge is 0.495 e. The number of guanidine groups is 1. The normalized spacial score (nSPS) is 11.0. The molecule has 0 fully saturated rings. The number of carbonyl (C=O) groups is 1. The number of carbonyl (C=O) groups excluding carboxylic acids is 1. The molecule has 0 unspecified atom stereocenters. The number of aromatic nitrogens is 1. The summed E-state index contributed by atoms with van der Waals surface area (Å²) in [7, 11) is 1.60. The quantitative estimate of drug-likeness (QED) is 0.444. The van der Waals surface area contributed by atoms with Crippen LogP contribution in [-0.2, 0) is 6.54 Å². The molecule has 31 heavy (non-hydrogen) atoms. The monoisotopic (exact) mass is 418 g/mol. The first-order valence-corrected chi connectivity index (χ1v) is 9.98. The predicted molar refractivity (Wildman–Crippen MR) is 122 cm³/mol. The van der Waals surface area contributed by atoms with Gasteiger partial charge in [-0.2, -0.15) is 0 Å². The van der Waals surface area contributed by atoms with Crippen LogP contribution >= 0.6 is 0 Å². The Morgan fingerprint density at radius 3 is 2.61 bits per heavy atom. The van der Waals surface area contributed by atoms with Gasteiger partial charge in [-0.15, -0.1) is 0 Å². The van der Waals surface area contributed by atoms with Gasteiger partial charge in [0.15, 0.2) is 0 Å². The van der Waals surface area contributed by atoms with Crippen LogP contribution in [0.5, 0.6) is 11.5 Å². The highest BCUT2D eigenvalue weighted by Crippen LogP contribution is 2.25. The van der Waals surface area contributed by atoms with Crippen LogP contribution in [0.1, 0.15) is 28.4 Å². The van der Waals surface area contributed by atoms with Crippen molar-refractivity contribution in [2.45, 2.75) is 20.4 Å². The van der Waals surface area contributed by atoms with Crippen LogP contribution in [0.25, 0.3) is 0 Å². The Morgan fingerprint density at radius 2 is 1.94 bits per heavy atom. The smallest absolute Gasteiger partial charge is 0.257 e. The highest BCUT2D eigenvalue weighted by atomic mass is 16.5. The van der Waals surface area contributed by atoms with E-state index in [1.54, 1.807) is 43.8 Å². The third kappa shape index (κ3) is 6.30. The van der Waals surface area contributed by atoms with Gasteiger partial charge in [0.2, 0.25) is 5.96 Å². The Kier molecular flexibility index (Phi) is 7.59. The molecule has 160 valence electrons. The summed E-state index contributed by atoms with van der Waals surface area (Å²) >= 11 is 0. The summed E-state index contributed by atoms with van der Waals surface area (Å²) in [6.07, 6.45) is 3.44.